The number of nitrogens with zero attached hydrogens (tertiary/aromatic N) is 2. The highest BCUT2D eigenvalue weighted by Gasteiger charge is 2.38. The molecule has 12 nitrogen and oxygen atoms in total. The highest BCUT2D eigenvalue weighted by molar-refractivity contribution is 7.92. The van der Waals surface area contributed by atoms with E-state index >= 15 is 0 Å². The van der Waals surface area contributed by atoms with Crippen molar-refractivity contribution < 1.29 is 41.8 Å². The summed E-state index contributed by atoms with van der Waals surface area (Å²) in [5.41, 5.74) is 6.19. The third kappa shape index (κ3) is 6.71. The second-order valence-electron chi connectivity index (χ2n) is 11.1. The minimum absolute atomic E-state index is 0.00926. The fourth-order valence-corrected chi connectivity index (χ4v) is 6.73. The summed E-state index contributed by atoms with van der Waals surface area (Å²) >= 11 is 0. The van der Waals surface area contributed by atoms with E-state index in [0.717, 1.165) is 11.0 Å². The number of carboxylic acid groups (broad SMARTS) is 1. The van der Waals surface area contributed by atoms with Crippen LogP contribution in [0.2, 0.25) is 0 Å². The lowest BCUT2D eigenvalue weighted by atomic mass is 10.00. The van der Waals surface area contributed by atoms with Gasteiger partial charge >= 0.3 is 6.09 Å². The van der Waals surface area contributed by atoms with Crippen molar-refractivity contribution in [3.63, 3.8) is 0 Å². The summed E-state index contributed by atoms with van der Waals surface area (Å²) in [4.78, 5) is 40.7. The molecular formula is C32H37FN4O8S. The zero-order valence-corrected chi connectivity index (χ0v) is 26.9. The lowest BCUT2D eigenvalue weighted by molar-refractivity contribution is -0.133. The van der Waals surface area contributed by atoms with Crippen molar-refractivity contribution in [2.24, 2.45) is 5.73 Å². The van der Waals surface area contributed by atoms with E-state index < -0.39 is 50.9 Å². The van der Waals surface area contributed by atoms with Gasteiger partial charge in [0.25, 0.3) is 5.91 Å². The number of methoxy groups -OCH3 is 2. The second-order valence-corrected chi connectivity index (χ2v) is 13.6. The number of primary amides is 1. The Morgan fingerprint density at radius 2 is 1.74 bits per heavy atom. The summed E-state index contributed by atoms with van der Waals surface area (Å²) in [5, 5.41) is 11.9. The van der Waals surface area contributed by atoms with E-state index in [-0.39, 0.29) is 28.4 Å². The predicted molar refractivity (Wildman–Crippen MR) is 170 cm³/mol. The number of anilines is 2. The van der Waals surface area contributed by atoms with Gasteiger partial charge in [-0.25, -0.2) is 17.6 Å². The molecule has 4 N–H and O–H groups in total. The fourth-order valence-electron chi connectivity index (χ4n) is 5.44. The molecule has 0 bridgehead atoms. The highest BCUT2D eigenvalue weighted by atomic mass is 32.2. The van der Waals surface area contributed by atoms with Gasteiger partial charge in [0.1, 0.15) is 11.9 Å². The van der Waals surface area contributed by atoms with Crippen LogP contribution >= 0.6 is 0 Å². The first-order valence-electron chi connectivity index (χ1n) is 14.4. The maximum Gasteiger partial charge on any atom is 0.411 e. The van der Waals surface area contributed by atoms with Crippen molar-refractivity contribution in [1.29, 1.82) is 0 Å². The van der Waals surface area contributed by atoms with Crippen LogP contribution in [-0.4, -0.2) is 69.4 Å². The molecule has 0 aromatic heterocycles. The number of nitrogens with one attached hydrogen (secondary N) is 1. The molecule has 3 aromatic rings. The number of halogens is 1. The summed E-state index contributed by atoms with van der Waals surface area (Å²) in [6.07, 6.45) is -0.289. The van der Waals surface area contributed by atoms with E-state index in [4.69, 9.17) is 15.2 Å². The van der Waals surface area contributed by atoms with Crippen molar-refractivity contribution in [2.75, 3.05) is 38.0 Å². The molecule has 0 saturated carbocycles. The van der Waals surface area contributed by atoms with Gasteiger partial charge in [0.15, 0.2) is 21.3 Å². The molecule has 2 atom stereocenters. The summed E-state index contributed by atoms with van der Waals surface area (Å²) in [6, 6.07) is 11.0. The van der Waals surface area contributed by atoms with Gasteiger partial charge in [-0.2, -0.15) is 0 Å². The molecule has 14 heteroatoms. The Kier molecular flexibility index (Phi) is 10.1. The number of carbonyl (C=O) groups is 3. The van der Waals surface area contributed by atoms with Gasteiger partial charge in [0.2, 0.25) is 5.91 Å². The first-order chi connectivity index (χ1) is 21.7. The fraction of sp³-hybridized carbons (Fsp3) is 0.344. The van der Waals surface area contributed by atoms with Gasteiger partial charge in [-0.05, 0) is 86.3 Å². The number of rotatable bonds is 11. The largest absolute Gasteiger partial charge is 0.493 e. The second kappa shape index (κ2) is 13.6. The van der Waals surface area contributed by atoms with Crippen LogP contribution in [-0.2, 0) is 14.6 Å². The number of amides is 3. The number of sulfone groups is 1. The van der Waals surface area contributed by atoms with Crippen LogP contribution in [0.1, 0.15) is 60.3 Å². The molecule has 4 rings (SSSR count). The van der Waals surface area contributed by atoms with Gasteiger partial charge in [0, 0.05) is 25.0 Å². The number of nitrogens with two attached hydrogens (primary N) is 1. The monoisotopic (exact) mass is 656 g/mol. The molecule has 0 unspecified atom stereocenters. The maximum atomic E-state index is 14.6. The zero-order valence-electron chi connectivity index (χ0n) is 26.1. The molecule has 3 amide bonds. The van der Waals surface area contributed by atoms with Crippen molar-refractivity contribution in [3.05, 3.63) is 77.1 Å². The van der Waals surface area contributed by atoms with Crippen molar-refractivity contribution >= 4 is 39.1 Å². The van der Waals surface area contributed by atoms with Gasteiger partial charge < -0.3 is 30.5 Å². The van der Waals surface area contributed by atoms with Gasteiger partial charge in [0.05, 0.1) is 36.0 Å². The molecule has 1 fully saturated rings. The predicted octanol–water partition coefficient (Wildman–Crippen LogP) is 4.76. The van der Waals surface area contributed by atoms with Crippen LogP contribution in [0.3, 0.4) is 0 Å². The maximum absolute atomic E-state index is 14.6. The molecule has 0 spiro atoms. The topological polar surface area (TPSA) is 169 Å². The van der Waals surface area contributed by atoms with E-state index in [2.05, 4.69) is 5.32 Å². The Bertz CT molecular complexity index is 1760. The minimum atomic E-state index is -3.84. The Hall–Kier alpha value is -4.85. The van der Waals surface area contributed by atoms with Crippen LogP contribution < -0.4 is 25.4 Å². The summed E-state index contributed by atoms with van der Waals surface area (Å²) in [6.45, 7) is 3.37. The number of hydrogen-bond acceptors (Lipinski definition) is 8. The summed E-state index contributed by atoms with van der Waals surface area (Å²) < 4.78 is 52.1. The Morgan fingerprint density at radius 3 is 2.35 bits per heavy atom. The third-order valence-corrected chi connectivity index (χ3v) is 10.2. The lowest BCUT2D eigenvalue weighted by Gasteiger charge is -2.32. The molecule has 0 radical (unpaired) electrons. The molecule has 1 aliphatic rings. The lowest BCUT2D eigenvalue weighted by Crippen LogP contribution is -2.38. The molecule has 1 saturated heterocycles. The van der Waals surface area contributed by atoms with E-state index in [1.807, 2.05) is 0 Å². The first-order valence-corrected chi connectivity index (χ1v) is 16.0. The standard InChI is InChI=1S/C32H37FN4O8S/c1-18(2)46(42,43)28-13-10-21(36(3)32(40)41)17-23(28)25-7-6-14-37(25)31(39)29(19-8-12-26(44-4)27(15-19)45-5)35-20-9-11-24(33)22(16-20)30(34)38/h8-13,15-18,25,29,35H,6-7,14H2,1-5H3,(H2,34,38)(H,40,41)/t25-,29+/m1/s1. The van der Waals surface area contributed by atoms with Crippen molar-refractivity contribution in [2.45, 2.75) is 48.9 Å². The first kappa shape index (κ1) is 34.0. The summed E-state index contributed by atoms with van der Waals surface area (Å²) in [5.74, 6) is -1.51. The van der Waals surface area contributed by atoms with Gasteiger partial charge in [-0.3, -0.25) is 14.5 Å². The molecule has 246 valence electrons. The van der Waals surface area contributed by atoms with E-state index in [0.29, 0.717) is 35.5 Å². The SMILES string of the molecule is COc1ccc([C@H](Nc2ccc(F)c(C(N)=O)c2)C(=O)N2CCC[C@@H]2c2cc(N(C)C(=O)O)ccc2S(=O)(=O)C(C)C)cc1OC. The molecule has 46 heavy (non-hydrogen) atoms. The van der Waals surface area contributed by atoms with E-state index in [9.17, 15) is 32.3 Å². The smallest absolute Gasteiger partial charge is 0.411 e. The molecule has 1 aliphatic heterocycles. The number of likely N-dealkylation sites (tertiary alicyclic amines) is 1. The zero-order chi connectivity index (χ0) is 33.9. The van der Waals surface area contributed by atoms with Crippen LogP contribution in [0.5, 0.6) is 11.5 Å². The average Bonchev–Trinajstić information content (AvgIpc) is 3.52. The van der Waals surface area contributed by atoms with Crippen LogP contribution in [0.25, 0.3) is 0 Å². The molecular weight excluding hydrogens is 619 g/mol. The van der Waals surface area contributed by atoms with Crippen LogP contribution in [0.4, 0.5) is 20.6 Å². The van der Waals surface area contributed by atoms with Crippen LogP contribution in [0.15, 0.2) is 59.5 Å². The average molecular weight is 657 g/mol. The van der Waals surface area contributed by atoms with Crippen molar-refractivity contribution in [3.8, 4) is 11.5 Å². The molecule has 1 heterocycles. The third-order valence-electron chi connectivity index (χ3n) is 8.02. The summed E-state index contributed by atoms with van der Waals surface area (Å²) in [7, 11) is 0.414. The van der Waals surface area contributed by atoms with E-state index in [1.165, 1.54) is 51.6 Å². The van der Waals surface area contributed by atoms with Crippen LogP contribution in [0, 0.1) is 5.82 Å². The highest BCUT2D eigenvalue weighted by Crippen LogP contribution is 2.41. The normalized spacial score (nSPS) is 15.4. The Labute approximate surface area is 266 Å². The van der Waals surface area contributed by atoms with E-state index in [1.54, 1.807) is 36.9 Å². The van der Waals surface area contributed by atoms with Gasteiger partial charge in [-0.15, -0.1) is 0 Å². The van der Waals surface area contributed by atoms with Gasteiger partial charge in [-0.1, -0.05) is 6.07 Å². The number of benzene rings is 3. The minimum Gasteiger partial charge on any atom is -0.493 e. The number of hydrogen-bond donors (Lipinski definition) is 3. The Balaban J connectivity index is 1.86. The molecule has 3 aromatic carbocycles. The number of carbonyl (C=O) groups excluding carboxylic acids is 2. The molecule has 0 aliphatic carbocycles. The quantitative estimate of drug-likeness (QED) is 0.264. The van der Waals surface area contributed by atoms with Crippen molar-refractivity contribution in [1.82, 2.24) is 4.90 Å². The Morgan fingerprint density at radius 1 is 1.04 bits per heavy atom. The number of ether oxygens (including phenoxy) is 2.